The van der Waals surface area contributed by atoms with Crippen LogP contribution in [0.15, 0.2) is 24.3 Å². The van der Waals surface area contributed by atoms with E-state index in [2.05, 4.69) is 25.9 Å². The van der Waals surface area contributed by atoms with Gasteiger partial charge in [0, 0.05) is 0 Å². The second kappa shape index (κ2) is 7.34. The number of benzene rings is 1. The molecule has 0 saturated heterocycles. The van der Waals surface area contributed by atoms with Crippen LogP contribution in [0.1, 0.15) is 45.0 Å². The summed E-state index contributed by atoms with van der Waals surface area (Å²) in [5.41, 5.74) is 2.65. The van der Waals surface area contributed by atoms with E-state index in [1.54, 1.807) is 7.11 Å². The van der Waals surface area contributed by atoms with Crippen LogP contribution < -0.4 is 4.74 Å². The summed E-state index contributed by atoms with van der Waals surface area (Å²) in [7, 11) is 1.65. The zero-order valence-electron chi connectivity index (χ0n) is 14.0. The van der Waals surface area contributed by atoms with Crippen molar-refractivity contribution in [2.75, 3.05) is 7.11 Å². The first kappa shape index (κ1) is 16.4. The van der Waals surface area contributed by atoms with E-state index in [1.807, 2.05) is 28.9 Å². The lowest BCUT2D eigenvalue weighted by Gasteiger charge is -2.10. The maximum atomic E-state index is 10.5. The first-order chi connectivity index (χ1) is 10.6. The van der Waals surface area contributed by atoms with Crippen molar-refractivity contribution in [2.24, 2.45) is 5.92 Å². The number of aromatic nitrogens is 2. The van der Waals surface area contributed by atoms with Crippen LogP contribution in [0.25, 0.3) is 5.69 Å². The zero-order chi connectivity index (χ0) is 16.1. The van der Waals surface area contributed by atoms with Gasteiger partial charge in [-0.3, -0.25) is 0 Å². The molecule has 1 heterocycles. The molecular weight excluding hydrogens is 276 g/mol. The van der Waals surface area contributed by atoms with Gasteiger partial charge in [-0.15, -0.1) is 0 Å². The van der Waals surface area contributed by atoms with Crippen LogP contribution in [0.2, 0.25) is 0 Å². The molecule has 0 fully saturated rings. The molecule has 4 nitrogen and oxygen atoms in total. The second-order valence-electron chi connectivity index (χ2n) is 6.05. The SMILES string of the molecule is CCCCc1nn(-c2ccc(OC)cc2)c(CC(C)C)c1O. The summed E-state index contributed by atoms with van der Waals surface area (Å²) in [6.07, 6.45) is 3.75. The van der Waals surface area contributed by atoms with Crippen LogP contribution in [0, 0.1) is 5.92 Å². The minimum Gasteiger partial charge on any atom is -0.504 e. The number of ether oxygens (including phenoxy) is 1. The van der Waals surface area contributed by atoms with E-state index < -0.39 is 0 Å². The topological polar surface area (TPSA) is 47.3 Å². The number of hydrogen-bond acceptors (Lipinski definition) is 3. The summed E-state index contributed by atoms with van der Waals surface area (Å²) >= 11 is 0. The Kier molecular flexibility index (Phi) is 5.47. The fourth-order valence-corrected chi connectivity index (χ4v) is 2.51. The van der Waals surface area contributed by atoms with Crippen LogP contribution in [0.3, 0.4) is 0 Å². The summed E-state index contributed by atoms with van der Waals surface area (Å²) in [6, 6.07) is 7.77. The molecule has 2 rings (SSSR count). The Balaban J connectivity index is 2.42. The van der Waals surface area contributed by atoms with Gasteiger partial charge in [-0.1, -0.05) is 27.2 Å². The highest BCUT2D eigenvalue weighted by molar-refractivity contribution is 5.43. The predicted octanol–water partition coefficient (Wildman–Crippen LogP) is 4.13. The van der Waals surface area contributed by atoms with Gasteiger partial charge in [0.2, 0.25) is 0 Å². The average Bonchev–Trinajstić information content (AvgIpc) is 2.81. The van der Waals surface area contributed by atoms with Crippen molar-refractivity contribution < 1.29 is 9.84 Å². The number of nitrogens with zero attached hydrogens (tertiary/aromatic N) is 2. The highest BCUT2D eigenvalue weighted by Crippen LogP contribution is 2.29. The molecule has 22 heavy (non-hydrogen) atoms. The van der Waals surface area contributed by atoms with Crippen LogP contribution in [0.4, 0.5) is 0 Å². The molecule has 120 valence electrons. The molecule has 1 N–H and O–H groups in total. The number of unbranched alkanes of at least 4 members (excludes halogenated alkanes) is 1. The van der Waals surface area contributed by atoms with Gasteiger partial charge in [0.1, 0.15) is 11.4 Å². The summed E-state index contributed by atoms with van der Waals surface area (Å²) < 4.78 is 7.08. The molecule has 0 unspecified atom stereocenters. The van der Waals surface area contributed by atoms with E-state index >= 15 is 0 Å². The van der Waals surface area contributed by atoms with Crippen LogP contribution in [0.5, 0.6) is 11.5 Å². The molecule has 0 spiro atoms. The van der Waals surface area contributed by atoms with Crippen LogP contribution >= 0.6 is 0 Å². The van der Waals surface area contributed by atoms with Crippen molar-refractivity contribution >= 4 is 0 Å². The van der Waals surface area contributed by atoms with Gasteiger partial charge in [0.25, 0.3) is 0 Å². The summed E-state index contributed by atoms with van der Waals surface area (Å²) in [6.45, 7) is 6.44. The van der Waals surface area contributed by atoms with E-state index in [0.29, 0.717) is 11.7 Å². The number of hydrogen-bond donors (Lipinski definition) is 1. The van der Waals surface area contributed by atoms with Crippen molar-refractivity contribution in [1.82, 2.24) is 9.78 Å². The van der Waals surface area contributed by atoms with Crippen molar-refractivity contribution in [3.05, 3.63) is 35.7 Å². The molecule has 0 radical (unpaired) electrons. The van der Waals surface area contributed by atoms with E-state index in [1.165, 1.54) is 0 Å². The monoisotopic (exact) mass is 302 g/mol. The summed E-state index contributed by atoms with van der Waals surface area (Å²) in [5, 5.41) is 15.2. The van der Waals surface area contributed by atoms with Crippen LogP contribution in [-0.4, -0.2) is 22.0 Å². The van der Waals surface area contributed by atoms with Gasteiger partial charge >= 0.3 is 0 Å². The average molecular weight is 302 g/mol. The maximum Gasteiger partial charge on any atom is 0.160 e. The fraction of sp³-hybridized carbons (Fsp3) is 0.500. The van der Waals surface area contributed by atoms with Gasteiger partial charge in [0.15, 0.2) is 5.75 Å². The third kappa shape index (κ3) is 3.62. The lowest BCUT2D eigenvalue weighted by molar-refractivity contribution is 0.414. The predicted molar refractivity (Wildman–Crippen MR) is 88.9 cm³/mol. The maximum absolute atomic E-state index is 10.5. The Morgan fingerprint density at radius 1 is 1.23 bits per heavy atom. The lowest BCUT2D eigenvalue weighted by atomic mass is 10.1. The minimum atomic E-state index is 0.359. The molecule has 0 aliphatic rings. The normalized spacial score (nSPS) is 11.1. The Morgan fingerprint density at radius 2 is 1.91 bits per heavy atom. The lowest BCUT2D eigenvalue weighted by Crippen LogP contribution is -2.05. The summed E-state index contributed by atoms with van der Waals surface area (Å²) in [4.78, 5) is 0. The number of aromatic hydroxyl groups is 1. The molecule has 0 aliphatic carbocycles. The Bertz CT molecular complexity index is 600. The molecule has 0 saturated carbocycles. The molecular formula is C18H26N2O2. The van der Waals surface area contributed by atoms with E-state index in [-0.39, 0.29) is 0 Å². The molecule has 0 atom stereocenters. The van der Waals surface area contributed by atoms with Gasteiger partial charge in [-0.2, -0.15) is 5.10 Å². The summed E-state index contributed by atoms with van der Waals surface area (Å²) in [5.74, 6) is 1.63. The molecule has 0 aliphatic heterocycles. The first-order valence-corrected chi connectivity index (χ1v) is 8.01. The van der Waals surface area contributed by atoms with E-state index in [0.717, 1.165) is 48.5 Å². The van der Waals surface area contributed by atoms with Crippen molar-refractivity contribution in [3.8, 4) is 17.2 Å². The minimum absolute atomic E-state index is 0.359. The highest BCUT2D eigenvalue weighted by atomic mass is 16.5. The molecule has 1 aromatic heterocycles. The Labute approximate surface area is 132 Å². The van der Waals surface area contributed by atoms with Crippen molar-refractivity contribution in [1.29, 1.82) is 0 Å². The van der Waals surface area contributed by atoms with Gasteiger partial charge in [-0.25, -0.2) is 4.68 Å². The van der Waals surface area contributed by atoms with Crippen molar-refractivity contribution in [3.63, 3.8) is 0 Å². The molecule has 1 aromatic carbocycles. The van der Waals surface area contributed by atoms with Gasteiger partial charge in [0.05, 0.1) is 18.5 Å². The third-order valence-corrected chi connectivity index (χ3v) is 3.71. The van der Waals surface area contributed by atoms with E-state index in [9.17, 15) is 5.11 Å². The standard InChI is InChI=1S/C18H26N2O2/c1-5-6-7-16-18(21)17(12-13(2)3)20(19-16)14-8-10-15(22-4)11-9-14/h8-11,13,21H,5-7,12H2,1-4H3. The van der Waals surface area contributed by atoms with Gasteiger partial charge < -0.3 is 9.84 Å². The molecule has 4 heteroatoms. The second-order valence-corrected chi connectivity index (χ2v) is 6.05. The van der Waals surface area contributed by atoms with E-state index in [4.69, 9.17) is 4.74 Å². The fourth-order valence-electron chi connectivity index (χ4n) is 2.51. The van der Waals surface area contributed by atoms with Crippen LogP contribution in [-0.2, 0) is 12.8 Å². The Morgan fingerprint density at radius 3 is 2.45 bits per heavy atom. The van der Waals surface area contributed by atoms with Gasteiger partial charge in [-0.05, 0) is 49.4 Å². The number of aryl methyl sites for hydroxylation is 1. The smallest absolute Gasteiger partial charge is 0.160 e. The molecule has 0 amide bonds. The quantitative estimate of drug-likeness (QED) is 0.836. The van der Waals surface area contributed by atoms with Crippen molar-refractivity contribution in [2.45, 2.75) is 46.5 Å². The number of rotatable bonds is 7. The molecule has 2 aromatic rings. The third-order valence-electron chi connectivity index (χ3n) is 3.71. The largest absolute Gasteiger partial charge is 0.504 e. The molecule has 0 bridgehead atoms. The Hall–Kier alpha value is -1.97. The first-order valence-electron chi connectivity index (χ1n) is 8.01. The number of methoxy groups -OCH3 is 1. The highest BCUT2D eigenvalue weighted by Gasteiger charge is 2.18. The zero-order valence-corrected chi connectivity index (χ0v) is 14.0.